The van der Waals surface area contributed by atoms with E-state index >= 15 is 0 Å². The van der Waals surface area contributed by atoms with Crippen molar-refractivity contribution in [2.75, 3.05) is 25.5 Å². The van der Waals surface area contributed by atoms with Crippen molar-refractivity contribution in [2.45, 2.75) is 38.6 Å². The monoisotopic (exact) mass is 351 g/mol. The molecule has 0 unspecified atom stereocenters. The van der Waals surface area contributed by atoms with E-state index in [-0.39, 0.29) is 5.91 Å². The summed E-state index contributed by atoms with van der Waals surface area (Å²) in [5.41, 5.74) is 3.03. The van der Waals surface area contributed by atoms with E-state index in [1.807, 2.05) is 36.0 Å². The summed E-state index contributed by atoms with van der Waals surface area (Å²) in [4.78, 5) is 30.3. The Bertz CT molecular complexity index is 801. The van der Waals surface area contributed by atoms with Gasteiger partial charge in [0, 0.05) is 50.6 Å². The molecule has 4 rings (SSSR count). The first kappa shape index (κ1) is 16.9. The molecule has 6 nitrogen and oxygen atoms in total. The zero-order valence-electron chi connectivity index (χ0n) is 15.5. The van der Waals surface area contributed by atoms with Crippen molar-refractivity contribution in [2.24, 2.45) is 5.92 Å². The molecule has 0 bridgehead atoms. The van der Waals surface area contributed by atoms with Crippen LogP contribution in [-0.2, 0) is 17.8 Å². The maximum absolute atomic E-state index is 12.6. The van der Waals surface area contributed by atoms with Gasteiger partial charge in [-0.3, -0.25) is 9.78 Å². The molecule has 1 aliphatic heterocycles. The van der Waals surface area contributed by atoms with Gasteiger partial charge in [0.2, 0.25) is 5.91 Å². The van der Waals surface area contributed by atoms with Crippen LogP contribution in [0.1, 0.15) is 36.9 Å². The molecule has 1 amide bonds. The van der Waals surface area contributed by atoms with Gasteiger partial charge in [0.15, 0.2) is 5.82 Å². The third-order valence-corrected chi connectivity index (χ3v) is 5.20. The first-order valence-electron chi connectivity index (χ1n) is 9.37. The normalized spacial score (nSPS) is 16.3. The van der Waals surface area contributed by atoms with E-state index in [1.54, 1.807) is 12.4 Å². The van der Waals surface area contributed by atoms with E-state index in [2.05, 4.69) is 4.98 Å². The standard InChI is InChI=1S/C20H25N5O/c1-24(2)20-16-9-11-25(18(26)8-7-14-5-6-14)13-17(16)22-19(23-20)15-4-3-10-21-12-15/h3-4,10,12,14H,5-9,11,13H2,1-2H3. The molecule has 0 atom stereocenters. The third-order valence-electron chi connectivity index (χ3n) is 5.20. The van der Waals surface area contributed by atoms with Crippen LogP contribution in [0.4, 0.5) is 5.82 Å². The minimum absolute atomic E-state index is 0.260. The minimum Gasteiger partial charge on any atom is -0.362 e. The highest BCUT2D eigenvalue weighted by Gasteiger charge is 2.28. The van der Waals surface area contributed by atoms with Crippen LogP contribution < -0.4 is 4.90 Å². The zero-order valence-corrected chi connectivity index (χ0v) is 15.5. The molecule has 136 valence electrons. The number of carbonyl (C=O) groups excluding carboxylic acids is 1. The first-order chi connectivity index (χ1) is 12.6. The fourth-order valence-corrected chi connectivity index (χ4v) is 3.51. The average Bonchev–Trinajstić information content (AvgIpc) is 3.49. The summed E-state index contributed by atoms with van der Waals surface area (Å²) in [6.45, 7) is 1.34. The van der Waals surface area contributed by atoms with E-state index in [0.29, 0.717) is 18.8 Å². The number of carbonyl (C=O) groups is 1. The number of aromatic nitrogens is 3. The molecule has 2 aromatic heterocycles. The molecule has 26 heavy (non-hydrogen) atoms. The van der Waals surface area contributed by atoms with Gasteiger partial charge in [0.25, 0.3) is 0 Å². The second-order valence-corrected chi connectivity index (χ2v) is 7.48. The van der Waals surface area contributed by atoms with Crippen molar-refractivity contribution in [3.63, 3.8) is 0 Å². The van der Waals surface area contributed by atoms with Crippen LogP contribution in [0.15, 0.2) is 24.5 Å². The predicted octanol–water partition coefficient (Wildman–Crippen LogP) is 2.68. The van der Waals surface area contributed by atoms with Crippen molar-refractivity contribution >= 4 is 11.7 Å². The number of anilines is 1. The summed E-state index contributed by atoms with van der Waals surface area (Å²) in [6.07, 6.45) is 8.63. The molecular weight excluding hydrogens is 326 g/mol. The van der Waals surface area contributed by atoms with Gasteiger partial charge >= 0.3 is 0 Å². The molecule has 1 saturated carbocycles. The highest BCUT2D eigenvalue weighted by Crippen LogP contribution is 2.34. The lowest BCUT2D eigenvalue weighted by molar-refractivity contribution is -0.132. The Morgan fingerprint density at radius 1 is 1.31 bits per heavy atom. The van der Waals surface area contributed by atoms with E-state index in [9.17, 15) is 4.79 Å². The molecule has 0 radical (unpaired) electrons. The van der Waals surface area contributed by atoms with Crippen molar-refractivity contribution in [3.05, 3.63) is 35.8 Å². The summed E-state index contributed by atoms with van der Waals surface area (Å²) in [6, 6.07) is 3.86. The van der Waals surface area contributed by atoms with Crippen LogP contribution in [0.2, 0.25) is 0 Å². The molecule has 6 heteroatoms. The van der Waals surface area contributed by atoms with Gasteiger partial charge < -0.3 is 9.80 Å². The topological polar surface area (TPSA) is 62.2 Å². The fraction of sp³-hybridized carbons (Fsp3) is 0.500. The molecule has 0 N–H and O–H groups in total. The van der Waals surface area contributed by atoms with Crippen molar-refractivity contribution in [3.8, 4) is 11.4 Å². The van der Waals surface area contributed by atoms with Gasteiger partial charge in [-0.1, -0.05) is 12.8 Å². The second-order valence-electron chi connectivity index (χ2n) is 7.48. The van der Waals surface area contributed by atoms with E-state index in [4.69, 9.17) is 9.97 Å². The summed E-state index contributed by atoms with van der Waals surface area (Å²) in [7, 11) is 4.01. The van der Waals surface area contributed by atoms with Crippen LogP contribution in [-0.4, -0.2) is 46.4 Å². The van der Waals surface area contributed by atoms with Crippen molar-refractivity contribution < 1.29 is 4.79 Å². The molecular formula is C20H25N5O. The lowest BCUT2D eigenvalue weighted by Crippen LogP contribution is -2.37. The van der Waals surface area contributed by atoms with Crippen LogP contribution in [0.25, 0.3) is 11.4 Å². The molecule has 2 aromatic rings. The Morgan fingerprint density at radius 2 is 2.15 bits per heavy atom. The number of fused-ring (bicyclic) bond motifs is 1. The van der Waals surface area contributed by atoms with Gasteiger partial charge in [0.05, 0.1) is 12.2 Å². The van der Waals surface area contributed by atoms with Gasteiger partial charge in [-0.05, 0) is 30.9 Å². The summed E-state index contributed by atoms with van der Waals surface area (Å²) < 4.78 is 0. The average molecular weight is 351 g/mol. The third kappa shape index (κ3) is 3.54. The number of pyridine rings is 1. The van der Waals surface area contributed by atoms with Crippen molar-refractivity contribution in [1.29, 1.82) is 0 Å². The molecule has 1 aliphatic carbocycles. The zero-order chi connectivity index (χ0) is 18.1. The van der Waals surface area contributed by atoms with Gasteiger partial charge in [-0.15, -0.1) is 0 Å². The molecule has 3 heterocycles. The van der Waals surface area contributed by atoms with Crippen LogP contribution in [0, 0.1) is 5.92 Å². The van der Waals surface area contributed by atoms with E-state index in [1.165, 1.54) is 12.8 Å². The molecule has 2 aliphatic rings. The number of nitrogens with zero attached hydrogens (tertiary/aromatic N) is 5. The number of rotatable bonds is 5. The van der Waals surface area contributed by atoms with Crippen molar-refractivity contribution in [1.82, 2.24) is 19.9 Å². The molecule has 0 spiro atoms. The number of hydrogen-bond donors (Lipinski definition) is 0. The molecule has 1 fully saturated rings. The SMILES string of the molecule is CN(C)c1nc(-c2cccnc2)nc2c1CCN(C(=O)CCC1CC1)C2. The van der Waals surface area contributed by atoms with Gasteiger partial charge in [0.1, 0.15) is 5.82 Å². The quantitative estimate of drug-likeness (QED) is 0.829. The molecule has 0 aromatic carbocycles. The highest BCUT2D eigenvalue weighted by molar-refractivity contribution is 5.76. The van der Waals surface area contributed by atoms with Crippen LogP contribution >= 0.6 is 0 Å². The Balaban J connectivity index is 1.61. The summed E-state index contributed by atoms with van der Waals surface area (Å²) >= 11 is 0. The Hall–Kier alpha value is -2.50. The largest absolute Gasteiger partial charge is 0.362 e. The maximum atomic E-state index is 12.6. The van der Waals surface area contributed by atoms with Crippen LogP contribution in [0.5, 0.6) is 0 Å². The number of hydrogen-bond acceptors (Lipinski definition) is 5. The predicted molar refractivity (Wildman–Crippen MR) is 101 cm³/mol. The first-order valence-corrected chi connectivity index (χ1v) is 9.37. The Labute approximate surface area is 154 Å². The maximum Gasteiger partial charge on any atom is 0.222 e. The van der Waals surface area contributed by atoms with Crippen LogP contribution in [0.3, 0.4) is 0 Å². The Kier molecular flexibility index (Phi) is 4.57. The lowest BCUT2D eigenvalue weighted by atomic mass is 10.0. The van der Waals surface area contributed by atoms with E-state index in [0.717, 1.165) is 47.9 Å². The minimum atomic E-state index is 0.260. The fourth-order valence-electron chi connectivity index (χ4n) is 3.51. The lowest BCUT2D eigenvalue weighted by Gasteiger charge is -2.30. The van der Waals surface area contributed by atoms with Gasteiger partial charge in [-0.2, -0.15) is 0 Å². The van der Waals surface area contributed by atoms with Gasteiger partial charge in [-0.25, -0.2) is 9.97 Å². The summed E-state index contributed by atoms with van der Waals surface area (Å²) in [5.74, 6) is 2.66. The smallest absolute Gasteiger partial charge is 0.222 e. The van der Waals surface area contributed by atoms with E-state index < -0.39 is 0 Å². The molecule has 0 saturated heterocycles. The second kappa shape index (κ2) is 7.02. The highest BCUT2D eigenvalue weighted by atomic mass is 16.2. The summed E-state index contributed by atoms with van der Waals surface area (Å²) in [5, 5.41) is 0. The number of amides is 1. The Morgan fingerprint density at radius 3 is 2.85 bits per heavy atom.